The summed E-state index contributed by atoms with van der Waals surface area (Å²) in [6, 6.07) is 3.90. The van der Waals surface area contributed by atoms with Gasteiger partial charge in [0.15, 0.2) is 5.75 Å². The topological polar surface area (TPSA) is 95.2 Å². The predicted molar refractivity (Wildman–Crippen MR) is 158 cm³/mol. The second kappa shape index (κ2) is 13.8. The number of hydrogen-bond donors (Lipinski definition) is 2. The van der Waals surface area contributed by atoms with E-state index in [1.165, 1.54) is 0 Å². The zero-order valence-electron chi connectivity index (χ0n) is 23.6. The number of ether oxygens (including phenoxy) is 4. The Morgan fingerprint density at radius 1 is 0.947 bits per heavy atom. The lowest BCUT2D eigenvalue weighted by Gasteiger charge is -2.17. The number of hydrogen-bond acceptors (Lipinski definition) is 7. The molecule has 8 nitrogen and oxygen atoms in total. The summed E-state index contributed by atoms with van der Waals surface area (Å²) in [5.74, 6) is 1.06. The van der Waals surface area contributed by atoms with Crippen LogP contribution in [0.3, 0.4) is 0 Å². The van der Waals surface area contributed by atoms with Crippen LogP contribution in [0, 0.1) is 5.92 Å². The third kappa shape index (κ3) is 9.45. The van der Waals surface area contributed by atoms with Gasteiger partial charge in [-0.1, -0.05) is 62.5 Å². The lowest BCUT2D eigenvalue weighted by atomic mass is 10.1. The lowest BCUT2D eigenvalue weighted by Crippen LogP contribution is -2.22. The second-order valence-corrected chi connectivity index (χ2v) is 24.7. The summed E-state index contributed by atoms with van der Waals surface area (Å²) >= 11 is 13.1. The highest BCUT2D eigenvalue weighted by molar-refractivity contribution is 6.76. The molecule has 0 saturated heterocycles. The van der Waals surface area contributed by atoms with Crippen molar-refractivity contribution in [1.82, 2.24) is 9.55 Å². The van der Waals surface area contributed by atoms with E-state index in [1.807, 2.05) is 4.57 Å². The highest BCUT2D eigenvalue weighted by Gasteiger charge is 2.32. The first-order chi connectivity index (χ1) is 17.7. The molecule has 2 N–H and O–H groups in total. The Morgan fingerprint density at radius 3 is 2.16 bits per heavy atom. The van der Waals surface area contributed by atoms with Gasteiger partial charge in [0.25, 0.3) is 0 Å². The highest BCUT2D eigenvalue weighted by atomic mass is 35.5. The Bertz CT molecular complexity index is 1050. The average molecular weight is 608 g/mol. The fraction of sp³-hybridized carbons (Fsp3) is 0.731. The molecule has 0 spiro atoms. The monoisotopic (exact) mass is 606 g/mol. The predicted octanol–water partition coefficient (Wildman–Crippen LogP) is 5.99. The quantitative estimate of drug-likeness (QED) is 0.146. The van der Waals surface area contributed by atoms with E-state index in [0.717, 1.165) is 17.6 Å². The van der Waals surface area contributed by atoms with Gasteiger partial charge < -0.3 is 33.7 Å². The van der Waals surface area contributed by atoms with E-state index in [9.17, 15) is 10.2 Å². The van der Waals surface area contributed by atoms with E-state index in [2.05, 4.69) is 39.3 Å². The van der Waals surface area contributed by atoms with E-state index in [0.29, 0.717) is 61.5 Å². The van der Waals surface area contributed by atoms with Crippen molar-refractivity contribution in [3.8, 4) is 5.75 Å². The van der Waals surface area contributed by atoms with Crippen molar-refractivity contribution < 1.29 is 29.2 Å². The van der Waals surface area contributed by atoms with Gasteiger partial charge >= 0.3 is 0 Å². The van der Waals surface area contributed by atoms with Crippen LogP contribution in [0.25, 0.3) is 11.0 Å². The van der Waals surface area contributed by atoms with Crippen molar-refractivity contribution in [3.63, 3.8) is 0 Å². The maximum absolute atomic E-state index is 9.90. The SMILES string of the molecule is C[Si](C)(C)CCOCOCc1nc2c(OCC3CC(O)C(O)C3)c(Cl)c(Cl)cc2n1COCC[Si](C)(C)C. The van der Waals surface area contributed by atoms with Crippen molar-refractivity contribution in [2.24, 2.45) is 5.92 Å². The molecule has 1 saturated carbocycles. The van der Waals surface area contributed by atoms with Crippen molar-refractivity contribution in [3.05, 3.63) is 21.9 Å². The number of fused-ring (bicyclic) bond motifs is 1. The summed E-state index contributed by atoms with van der Waals surface area (Å²) in [4.78, 5) is 4.83. The number of rotatable bonds is 15. The zero-order chi connectivity index (χ0) is 28.1. The molecule has 2 atom stereocenters. The highest BCUT2D eigenvalue weighted by Crippen LogP contribution is 2.40. The summed E-state index contributed by atoms with van der Waals surface area (Å²) in [7, 11) is -2.40. The maximum Gasteiger partial charge on any atom is 0.167 e. The second-order valence-electron chi connectivity index (χ2n) is 12.6. The van der Waals surface area contributed by atoms with E-state index in [1.54, 1.807) is 6.07 Å². The molecule has 0 aliphatic heterocycles. The average Bonchev–Trinajstić information content (AvgIpc) is 3.31. The number of aliphatic hydroxyl groups excluding tert-OH is 2. The Morgan fingerprint density at radius 2 is 1.55 bits per heavy atom. The Balaban J connectivity index is 1.78. The molecule has 1 aromatic heterocycles. The molecule has 38 heavy (non-hydrogen) atoms. The summed E-state index contributed by atoms with van der Waals surface area (Å²) in [6.45, 7) is 16.2. The molecule has 1 fully saturated rings. The van der Waals surface area contributed by atoms with E-state index < -0.39 is 28.4 Å². The van der Waals surface area contributed by atoms with Crippen molar-refractivity contribution in [2.75, 3.05) is 26.6 Å². The molecule has 3 rings (SSSR count). The van der Waals surface area contributed by atoms with Crippen LogP contribution in [-0.4, -0.2) is 74.7 Å². The first kappa shape index (κ1) is 31.8. The minimum absolute atomic E-state index is 0.00759. The van der Waals surface area contributed by atoms with Crippen LogP contribution in [0.4, 0.5) is 0 Å². The standard InChI is InChI=1S/C26H44Cl2N2O6Si2/c1-37(2,3)9-7-33-16-30-20-13-19(27)24(28)26(36-14-18-11-21(31)22(32)12-18)25(20)29-23(30)15-35-17-34-8-10-38(4,5)6/h13,18,21-22,31-32H,7-12,14-17H2,1-6H3. The molecule has 1 aliphatic rings. The van der Waals surface area contributed by atoms with Crippen LogP contribution >= 0.6 is 23.2 Å². The minimum Gasteiger partial charge on any atom is -0.489 e. The smallest absolute Gasteiger partial charge is 0.167 e. The number of aromatic nitrogens is 2. The van der Waals surface area contributed by atoms with Crippen LogP contribution in [-0.2, 0) is 27.5 Å². The molecule has 216 valence electrons. The number of nitrogens with zero attached hydrogens (tertiary/aromatic N) is 2. The maximum atomic E-state index is 9.90. The molecule has 2 aromatic rings. The third-order valence-corrected chi connectivity index (χ3v) is 10.8. The van der Waals surface area contributed by atoms with Crippen LogP contribution in [0.5, 0.6) is 5.75 Å². The first-order valence-corrected chi connectivity index (χ1v) is 21.5. The molecule has 0 amide bonds. The van der Waals surface area contributed by atoms with E-state index in [4.69, 9.17) is 47.1 Å². The van der Waals surface area contributed by atoms with Gasteiger partial charge in [-0.3, -0.25) is 0 Å². The summed E-state index contributed by atoms with van der Waals surface area (Å²) in [5.41, 5.74) is 1.32. The zero-order valence-corrected chi connectivity index (χ0v) is 27.1. The van der Waals surface area contributed by atoms with Crippen LogP contribution < -0.4 is 4.74 Å². The van der Waals surface area contributed by atoms with Gasteiger partial charge in [-0.15, -0.1) is 0 Å². The van der Waals surface area contributed by atoms with Crippen LogP contribution in [0.1, 0.15) is 18.7 Å². The third-order valence-electron chi connectivity index (χ3n) is 6.64. The molecule has 0 radical (unpaired) electrons. The molecule has 0 bridgehead atoms. The van der Waals surface area contributed by atoms with Gasteiger partial charge in [-0.2, -0.15) is 0 Å². The van der Waals surface area contributed by atoms with Crippen molar-refractivity contribution >= 4 is 50.4 Å². The Hall–Kier alpha value is -0.696. The fourth-order valence-electron chi connectivity index (χ4n) is 4.20. The number of aliphatic hydroxyl groups is 2. The van der Waals surface area contributed by atoms with Crippen LogP contribution in [0.15, 0.2) is 6.07 Å². The Kier molecular flexibility index (Phi) is 11.5. The van der Waals surface area contributed by atoms with Gasteiger partial charge in [0.2, 0.25) is 0 Å². The van der Waals surface area contributed by atoms with Gasteiger partial charge in [0, 0.05) is 29.4 Å². The fourth-order valence-corrected chi connectivity index (χ4v) is 6.10. The molecule has 1 heterocycles. The van der Waals surface area contributed by atoms with E-state index >= 15 is 0 Å². The number of imidazole rings is 1. The van der Waals surface area contributed by atoms with E-state index in [-0.39, 0.29) is 24.3 Å². The first-order valence-electron chi connectivity index (χ1n) is 13.3. The van der Waals surface area contributed by atoms with Gasteiger partial charge in [0.1, 0.15) is 36.5 Å². The Labute approximate surface area is 238 Å². The van der Waals surface area contributed by atoms with Gasteiger partial charge in [-0.05, 0) is 36.9 Å². The van der Waals surface area contributed by atoms with Crippen LogP contribution in [0.2, 0.25) is 61.4 Å². The summed E-state index contributed by atoms with van der Waals surface area (Å²) < 4.78 is 25.7. The van der Waals surface area contributed by atoms with Gasteiger partial charge in [0.05, 0.1) is 29.4 Å². The normalized spacial score (nSPS) is 20.5. The molecule has 1 aliphatic carbocycles. The molecule has 12 heteroatoms. The number of benzene rings is 1. The summed E-state index contributed by atoms with van der Waals surface area (Å²) in [6.07, 6.45) is -0.525. The molecule has 1 aromatic carbocycles. The lowest BCUT2D eigenvalue weighted by molar-refractivity contribution is -0.0609. The van der Waals surface area contributed by atoms with Gasteiger partial charge in [-0.25, -0.2) is 4.98 Å². The largest absolute Gasteiger partial charge is 0.489 e. The van der Waals surface area contributed by atoms with Crippen molar-refractivity contribution in [1.29, 1.82) is 0 Å². The number of halogens is 2. The molecular weight excluding hydrogens is 563 g/mol. The molecule has 2 unspecified atom stereocenters. The molecular formula is C26H44Cl2N2O6Si2. The summed E-state index contributed by atoms with van der Waals surface area (Å²) in [5, 5.41) is 20.4. The minimum atomic E-state index is -1.24. The van der Waals surface area contributed by atoms with Crippen molar-refractivity contribution in [2.45, 2.75) is 89.8 Å².